The molecule has 0 N–H and O–H groups in total. The molecule has 1 saturated carbocycles. The Kier molecular flexibility index (Phi) is 5.57. The smallest absolute Gasteiger partial charge is 0.237 e. The van der Waals surface area contributed by atoms with Crippen molar-refractivity contribution < 1.29 is 23.9 Å². The summed E-state index contributed by atoms with van der Waals surface area (Å²) in [7, 11) is 1.57. The highest BCUT2D eigenvalue weighted by atomic mass is 16.5. The van der Waals surface area contributed by atoms with Gasteiger partial charge >= 0.3 is 0 Å². The standard InChI is InChI=1S/C24H25NO5/c1-15-3-12-20-21(13-15)24(28)25(23(20)27)17-6-10-19(11-7-17)30-14-22(26)16-4-8-18(29-2)9-5-16/h4-11,15,20-21H,3,12-14H2,1-2H3/t15-,20+,21-/m1/s1. The third kappa shape index (κ3) is 3.82. The van der Waals surface area contributed by atoms with Gasteiger partial charge < -0.3 is 9.47 Å². The second-order valence-corrected chi connectivity index (χ2v) is 8.08. The molecule has 1 aliphatic heterocycles. The SMILES string of the molecule is COc1ccc(C(=O)COc2ccc(N3C(=O)[C@H]4CC[C@@H](C)C[C@H]4C3=O)cc2)cc1. The van der Waals surface area contributed by atoms with Crippen molar-refractivity contribution in [2.75, 3.05) is 18.6 Å². The van der Waals surface area contributed by atoms with Crippen molar-refractivity contribution in [3.05, 3.63) is 54.1 Å². The number of carbonyl (C=O) groups is 3. The Labute approximate surface area is 175 Å². The largest absolute Gasteiger partial charge is 0.497 e. The Balaban J connectivity index is 1.40. The van der Waals surface area contributed by atoms with Crippen LogP contribution in [-0.4, -0.2) is 31.3 Å². The second-order valence-electron chi connectivity index (χ2n) is 8.08. The number of anilines is 1. The van der Waals surface area contributed by atoms with E-state index in [4.69, 9.17) is 9.47 Å². The van der Waals surface area contributed by atoms with E-state index in [1.165, 1.54) is 4.90 Å². The summed E-state index contributed by atoms with van der Waals surface area (Å²) in [6.07, 6.45) is 2.55. The van der Waals surface area contributed by atoms with E-state index in [0.29, 0.717) is 28.7 Å². The maximum absolute atomic E-state index is 12.8. The predicted octanol–water partition coefficient (Wildman–Crippen LogP) is 3.88. The molecule has 0 radical (unpaired) electrons. The molecule has 3 atom stereocenters. The first kappa shape index (κ1) is 20.1. The van der Waals surface area contributed by atoms with Gasteiger partial charge in [0.15, 0.2) is 12.4 Å². The third-order valence-corrected chi connectivity index (χ3v) is 6.06. The molecule has 6 heteroatoms. The maximum atomic E-state index is 12.8. The number of imide groups is 1. The number of nitrogens with zero attached hydrogens (tertiary/aromatic N) is 1. The summed E-state index contributed by atoms with van der Waals surface area (Å²) in [4.78, 5) is 39.2. The number of amides is 2. The lowest BCUT2D eigenvalue weighted by Gasteiger charge is -2.25. The number of ether oxygens (including phenoxy) is 2. The van der Waals surface area contributed by atoms with Crippen LogP contribution in [0.3, 0.4) is 0 Å². The molecule has 1 aliphatic carbocycles. The molecule has 2 fully saturated rings. The van der Waals surface area contributed by atoms with E-state index in [1.54, 1.807) is 55.6 Å². The van der Waals surface area contributed by atoms with Crippen LogP contribution < -0.4 is 14.4 Å². The lowest BCUT2D eigenvalue weighted by molar-refractivity contribution is -0.122. The summed E-state index contributed by atoms with van der Waals surface area (Å²) in [6.45, 7) is 2.03. The average Bonchev–Trinajstić information content (AvgIpc) is 3.02. The van der Waals surface area contributed by atoms with E-state index in [-0.39, 0.29) is 36.0 Å². The number of benzene rings is 2. The zero-order chi connectivity index (χ0) is 21.3. The summed E-state index contributed by atoms with van der Waals surface area (Å²) in [5.74, 6) is 0.937. The molecule has 2 aromatic carbocycles. The summed E-state index contributed by atoms with van der Waals surface area (Å²) in [5.41, 5.74) is 1.10. The zero-order valence-electron chi connectivity index (χ0n) is 17.2. The third-order valence-electron chi connectivity index (χ3n) is 6.06. The van der Waals surface area contributed by atoms with Gasteiger partial charge in [0.25, 0.3) is 0 Å². The average molecular weight is 407 g/mol. The Bertz CT molecular complexity index is 951. The van der Waals surface area contributed by atoms with Crippen LogP contribution in [0.5, 0.6) is 11.5 Å². The molecule has 0 unspecified atom stereocenters. The molecule has 0 bridgehead atoms. The normalized spacial score (nSPS) is 23.3. The van der Waals surface area contributed by atoms with Crippen LogP contribution in [0.1, 0.15) is 36.5 Å². The number of hydrogen-bond acceptors (Lipinski definition) is 5. The fourth-order valence-electron chi connectivity index (χ4n) is 4.34. The van der Waals surface area contributed by atoms with Gasteiger partial charge in [-0.3, -0.25) is 19.3 Å². The minimum atomic E-state index is -0.195. The minimum Gasteiger partial charge on any atom is -0.497 e. The van der Waals surface area contributed by atoms with Crippen molar-refractivity contribution in [3.63, 3.8) is 0 Å². The van der Waals surface area contributed by atoms with E-state index in [2.05, 4.69) is 6.92 Å². The van der Waals surface area contributed by atoms with E-state index in [1.807, 2.05) is 0 Å². The summed E-state index contributed by atoms with van der Waals surface area (Å²) in [6, 6.07) is 13.6. The van der Waals surface area contributed by atoms with Gasteiger partial charge in [-0.25, -0.2) is 0 Å². The van der Waals surface area contributed by atoms with E-state index in [9.17, 15) is 14.4 Å². The second kappa shape index (κ2) is 8.30. The maximum Gasteiger partial charge on any atom is 0.237 e. The monoisotopic (exact) mass is 407 g/mol. The van der Waals surface area contributed by atoms with Crippen LogP contribution in [0.25, 0.3) is 0 Å². The predicted molar refractivity (Wildman–Crippen MR) is 112 cm³/mol. The highest BCUT2D eigenvalue weighted by molar-refractivity contribution is 6.22. The van der Waals surface area contributed by atoms with Gasteiger partial charge in [-0.1, -0.05) is 6.92 Å². The minimum absolute atomic E-state index is 0.0970. The Morgan fingerprint density at radius 2 is 1.57 bits per heavy atom. The van der Waals surface area contributed by atoms with Gasteiger partial charge in [-0.15, -0.1) is 0 Å². The summed E-state index contributed by atoms with van der Waals surface area (Å²) < 4.78 is 10.7. The number of fused-ring (bicyclic) bond motifs is 1. The van der Waals surface area contributed by atoms with Gasteiger partial charge in [0.1, 0.15) is 11.5 Å². The summed E-state index contributed by atoms with van der Waals surface area (Å²) in [5, 5.41) is 0. The Morgan fingerprint density at radius 1 is 0.933 bits per heavy atom. The zero-order valence-corrected chi connectivity index (χ0v) is 17.2. The van der Waals surface area contributed by atoms with Gasteiger partial charge in [-0.05, 0) is 73.7 Å². The number of Topliss-reactive ketones (excluding diaryl/α,β-unsaturated/α-hetero) is 1. The quantitative estimate of drug-likeness (QED) is 0.537. The fourth-order valence-corrected chi connectivity index (χ4v) is 4.34. The number of carbonyl (C=O) groups excluding carboxylic acids is 3. The van der Waals surface area contributed by atoms with E-state index >= 15 is 0 Å². The molecule has 6 nitrogen and oxygen atoms in total. The molecule has 2 aliphatic rings. The molecule has 30 heavy (non-hydrogen) atoms. The van der Waals surface area contributed by atoms with Crippen molar-refractivity contribution in [2.45, 2.75) is 26.2 Å². The lowest BCUT2D eigenvalue weighted by atomic mass is 9.76. The topological polar surface area (TPSA) is 72.9 Å². The molecule has 2 amide bonds. The van der Waals surface area contributed by atoms with Crippen LogP contribution in [0.15, 0.2) is 48.5 Å². The highest BCUT2D eigenvalue weighted by Crippen LogP contribution is 2.42. The van der Waals surface area contributed by atoms with Crippen LogP contribution in [0, 0.1) is 17.8 Å². The van der Waals surface area contributed by atoms with Crippen molar-refractivity contribution >= 4 is 23.3 Å². The van der Waals surface area contributed by atoms with Crippen molar-refractivity contribution in [3.8, 4) is 11.5 Å². The van der Waals surface area contributed by atoms with E-state index in [0.717, 1.165) is 19.3 Å². The molecule has 2 aromatic rings. The molecule has 0 aromatic heterocycles. The highest BCUT2D eigenvalue weighted by Gasteiger charge is 2.49. The Morgan fingerprint density at radius 3 is 2.23 bits per heavy atom. The van der Waals surface area contributed by atoms with Crippen LogP contribution in [0.2, 0.25) is 0 Å². The van der Waals surface area contributed by atoms with Crippen molar-refractivity contribution in [2.24, 2.45) is 17.8 Å². The summed E-state index contributed by atoms with van der Waals surface area (Å²) >= 11 is 0. The molecule has 0 spiro atoms. The Hall–Kier alpha value is -3.15. The van der Waals surface area contributed by atoms with Crippen LogP contribution >= 0.6 is 0 Å². The lowest BCUT2D eigenvalue weighted by Crippen LogP contribution is -2.30. The molecular formula is C24H25NO5. The first-order valence-corrected chi connectivity index (χ1v) is 10.3. The van der Waals surface area contributed by atoms with Crippen molar-refractivity contribution in [1.82, 2.24) is 0 Å². The van der Waals surface area contributed by atoms with Gasteiger partial charge in [0.2, 0.25) is 11.8 Å². The van der Waals surface area contributed by atoms with E-state index < -0.39 is 0 Å². The number of ketones is 1. The van der Waals surface area contributed by atoms with Crippen LogP contribution in [0.4, 0.5) is 5.69 Å². The van der Waals surface area contributed by atoms with Gasteiger partial charge in [0, 0.05) is 5.56 Å². The molecule has 1 saturated heterocycles. The molecule has 4 rings (SSSR count). The molecular weight excluding hydrogens is 382 g/mol. The fraction of sp³-hybridized carbons (Fsp3) is 0.375. The van der Waals surface area contributed by atoms with Gasteiger partial charge in [0.05, 0.1) is 24.6 Å². The number of rotatable bonds is 6. The van der Waals surface area contributed by atoms with Crippen molar-refractivity contribution in [1.29, 1.82) is 0 Å². The first-order valence-electron chi connectivity index (χ1n) is 10.3. The first-order chi connectivity index (χ1) is 14.5. The van der Waals surface area contributed by atoms with Crippen LogP contribution in [-0.2, 0) is 9.59 Å². The number of methoxy groups -OCH3 is 1. The molecule has 1 heterocycles. The number of hydrogen-bond donors (Lipinski definition) is 0. The molecule has 156 valence electrons. The van der Waals surface area contributed by atoms with Gasteiger partial charge in [-0.2, -0.15) is 0 Å².